The van der Waals surface area contributed by atoms with Crippen LogP contribution in [0.2, 0.25) is 5.02 Å². The predicted molar refractivity (Wildman–Crippen MR) is 171 cm³/mol. The van der Waals surface area contributed by atoms with Gasteiger partial charge in [0.25, 0.3) is 0 Å². The molecule has 0 bridgehead atoms. The molecule has 1 heterocycles. The van der Waals surface area contributed by atoms with E-state index in [0.29, 0.717) is 36.8 Å². The Labute approximate surface area is 264 Å². The van der Waals surface area contributed by atoms with Crippen LogP contribution in [0, 0.1) is 5.92 Å². The second-order valence-electron chi connectivity index (χ2n) is 11.0. The minimum Gasteiger partial charge on any atom is -0.494 e. The average Bonchev–Trinajstić information content (AvgIpc) is 3.06. The van der Waals surface area contributed by atoms with Gasteiger partial charge in [-0.2, -0.15) is 0 Å². The molecule has 5 atom stereocenters. The molecule has 0 aromatic heterocycles. The van der Waals surface area contributed by atoms with Crippen LogP contribution in [0.15, 0.2) is 103 Å². The van der Waals surface area contributed by atoms with Gasteiger partial charge in [-0.25, -0.2) is 0 Å². The number of halogens is 1. The van der Waals surface area contributed by atoms with Crippen molar-refractivity contribution in [1.29, 1.82) is 0 Å². The number of rotatable bonds is 13. The Morgan fingerprint density at radius 1 is 0.841 bits per heavy atom. The SMILES string of the molecule is CCOc1ccc(Cc2cc([C@]3(OC)O[C@H](C=O)[C@@H](C)[C@H](OCc4ccccc4)[C@H]3OCc3ccccc3)ccc2Cl)cc1. The van der Waals surface area contributed by atoms with Crippen molar-refractivity contribution in [2.24, 2.45) is 5.92 Å². The third kappa shape index (κ3) is 7.23. The summed E-state index contributed by atoms with van der Waals surface area (Å²) in [6, 6.07) is 33.5. The summed E-state index contributed by atoms with van der Waals surface area (Å²) in [7, 11) is 1.58. The number of ether oxygens (including phenoxy) is 5. The molecule has 6 nitrogen and oxygen atoms in total. The van der Waals surface area contributed by atoms with Gasteiger partial charge in [-0.1, -0.05) is 97.4 Å². The van der Waals surface area contributed by atoms with Gasteiger partial charge in [-0.05, 0) is 59.9 Å². The molecule has 0 unspecified atom stereocenters. The van der Waals surface area contributed by atoms with Gasteiger partial charge in [0, 0.05) is 23.6 Å². The van der Waals surface area contributed by atoms with E-state index < -0.39 is 24.1 Å². The molecule has 0 aliphatic carbocycles. The van der Waals surface area contributed by atoms with Crippen molar-refractivity contribution in [2.75, 3.05) is 13.7 Å². The molecule has 1 aliphatic heterocycles. The predicted octanol–water partition coefficient (Wildman–Crippen LogP) is 7.53. The van der Waals surface area contributed by atoms with E-state index in [1.54, 1.807) is 7.11 Å². The van der Waals surface area contributed by atoms with Crippen LogP contribution in [0.3, 0.4) is 0 Å². The molecule has 1 aliphatic rings. The number of carbonyl (C=O) groups excluding carboxylic acids is 1. The molecule has 0 amide bonds. The third-order valence-corrected chi connectivity index (χ3v) is 8.46. The highest BCUT2D eigenvalue weighted by atomic mass is 35.5. The quantitative estimate of drug-likeness (QED) is 0.145. The first-order chi connectivity index (χ1) is 21.5. The Balaban J connectivity index is 1.53. The van der Waals surface area contributed by atoms with E-state index in [1.165, 1.54) is 0 Å². The average molecular weight is 615 g/mol. The molecule has 1 saturated heterocycles. The lowest BCUT2D eigenvalue weighted by molar-refractivity contribution is -0.361. The second kappa shape index (κ2) is 15.0. The summed E-state index contributed by atoms with van der Waals surface area (Å²) in [5.74, 6) is -0.943. The topological polar surface area (TPSA) is 63.2 Å². The van der Waals surface area contributed by atoms with Crippen LogP contribution in [0.5, 0.6) is 5.75 Å². The number of hydrogen-bond donors (Lipinski definition) is 0. The minimum absolute atomic E-state index is 0.302. The van der Waals surface area contributed by atoms with E-state index in [-0.39, 0.29) is 5.92 Å². The van der Waals surface area contributed by atoms with Crippen LogP contribution in [-0.2, 0) is 49.2 Å². The fourth-order valence-corrected chi connectivity index (χ4v) is 5.89. The third-order valence-electron chi connectivity index (χ3n) is 8.09. The highest BCUT2D eigenvalue weighted by molar-refractivity contribution is 6.31. The summed E-state index contributed by atoms with van der Waals surface area (Å²) in [5, 5.41) is 0.614. The van der Waals surface area contributed by atoms with Gasteiger partial charge in [-0.15, -0.1) is 0 Å². The van der Waals surface area contributed by atoms with Crippen LogP contribution < -0.4 is 4.74 Å². The van der Waals surface area contributed by atoms with Crippen molar-refractivity contribution in [3.05, 3.63) is 136 Å². The van der Waals surface area contributed by atoms with Crippen LogP contribution >= 0.6 is 11.6 Å². The van der Waals surface area contributed by atoms with Gasteiger partial charge in [0.15, 0.2) is 0 Å². The summed E-state index contributed by atoms with van der Waals surface area (Å²) in [6.45, 7) is 5.16. The van der Waals surface area contributed by atoms with Crippen LogP contribution in [0.4, 0.5) is 0 Å². The van der Waals surface area contributed by atoms with Crippen LogP contribution in [0.1, 0.15) is 41.7 Å². The smallest absolute Gasteiger partial charge is 0.225 e. The molecule has 1 fully saturated rings. The first kappa shape index (κ1) is 31.9. The fraction of sp³-hybridized carbons (Fsp3) is 0.324. The molecule has 5 rings (SSSR count). The number of methoxy groups -OCH3 is 1. The first-order valence-corrected chi connectivity index (χ1v) is 15.3. The lowest BCUT2D eigenvalue weighted by Gasteiger charge is -2.50. The lowest BCUT2D eigenvalue weighted by Crippen LogP contribution is -2.62. The molecule has 4 aromatic carbocycles. The summed E-state index contributed by atoms with van der Waals surface area (Å²) in [6.07, 6.45) is -0.648. The maximum atomic E-state index is 12.4. The zero-order chi connectivity index (χ0) is 30.9. The Morgan fingerprint density at radius 2 is 1.48 bits per heavy atom. The minimum atomic E-state index is -1.45. The summed E-state index contributed by atoms with van der Waals surface area (Å²) in [5.41, 5.74) is 4.66. The van der Waals surface area contributed by atoms with E-state index >= 15 is 0 Å². The second-order valence-corrected chi connectivity index (χ2v) is 11.4. The van der Waals surface area contributed by atoms with Crippen molar-refractivity contribution in [3.63, 3.8) is 0 Å². The largest absolute Gasteiger partial charge is 0.494 e. The van der Waals surface area contributed by atoms with E-state index in [9.17, 15) is 4.79 Å². The highest BCUT2D eigenvalue weighted by Crippen LogP contribution is 2.45. The molecule has 7 heteroatoms. The molecule has 4 aromatic rings. The summed E-state index contributed by atoms with van der Waals surface area (Å²) < 4.78 is 31.7. The van der Waals surface area contributed by atoms with Crippen molar-refractivity contribution < 1.29 is 28.5 Å². The van der Waals surface area contributed by atoms with Crippen LogP contribution in [0.25, 0.3) is 0 Å². The number of aldehydes is 1. The van der Waals surface area contributed by atoms with E-state index in [0.717, 1.165) is 34.3 Å². The first-order valence-electron chi connectivity index (χ1n) is 15.0. The van der Waals surface area contributed by atoms with Gasteiger partial charge >= 0.3 is 0 Å². The molecular weight excluding hydrogens is 576 g/mol. The molecule has 230 valence electrons. The zero-order valence-corrected chi connectivity index (χ0v) is 26.1. The summed E-state index contributed by atoms with van der Waals surface area (Å²) in [4.78, 5) is 12.4. The Bertz CT molecular complexity index is 1480. The standard InChI is InChI=1S/C37H39ClO6/c1-4-41-32-18-15-27(16-19-32)21-30-22-31(17-20-33(30)38)37(40-3)36(43-25-29-13-9-6-10-14-29)35(26(2)34(23-39)44-37)42-24-28-11-7-5-8-12-28/h5-20,22-23,26,34-36H,4,21,24-25H2,1-3H3/t26-,34-,35+,36-,37+/m1/s1. The molecular formula is C37H39ClO6. The van der Waals surface area contributed by atoms with Crippen molar-refractivity contribution >= 4 is 17.9 Å². The normalized spacial score (nSPS) is 23.3. The molecule has 44 heavy (non-hydrogen) atoms. The lowest BCUT2D eigenvalue weighted by atomic mass is 9.82. The van der Waals surface area contributed by atoms with Gasteiger partial charge in [0.05, 0.1) is 25.9 Å². The number of hydrogen-bond acceptors (Lipinski definition) is 6. The maximum Gasteiger partial charge on any atom is 0.225 e. The number of carbonyl (C=O) groups is 1. The number of benzene rings is 4. The van der Waals surface area contributed by atoms with Gasteiger partial charge in [0.1, 0.15) is 24.2 Å². The maximum absolute atomic E-state index is 12.4. The van der Waals surface area contributed by atoms with Crippen molar-refractivity contribution in [2.45, 2.75) is 57.6 Å². The van der Waals surface area contributed by atoms with Crippen molar-refractivity contribution in [3.8, 4) is 5.75 Å². The van der Waals surface area contributed by atoms with Crippen LogP contribution in [-0.4, -0.2) is 38.3 Å². The Morgan fingerprint density at radius 3 is 2.07 bits per heavy atom. The molecule has 0 N–H and O–H groups in total. The van der Waals surface area contributed by atoms with Gasteiger partial charge in [-0.3, -0.25) is 0 Å². The van der Waals surface area contributed by atoms with Crippen molar-refractivity contribution in [1.82, 2.24) is 0 Å². The van der Waals surface area contributed by atoms with E-state index in [2.05, 4.69) is 0 Å². The Hall–Kier alpha value is -3.52. The summed E-state index contributed by atoms with van der Waals surface area (Å²) >= 11 is 6.74. The van der Waals surface area contributed by atoms with E-state index in [1.807, 2.05) is 117 Å². The van der Waals surface area contributed by atoms with E-state index in [4.69, 9.17) is 35.3 Å². The fourth-order valence-electron chi connectivity index (χ4n) is 5.71. The van der Waals surface area contributed by atoms with Gasteiger partial charge in [0.2, 0.25) is 5.79 Å². The highest BCUT2D eigenvalue weighted by Gasteiger charge is 2.56. The molecule has 0 radical (unpaired) electrons. The monoisotopic (exact) mass is 614 g/mol. The molecule has 0 saturated carbocycles. The zero-order valence-electron chi connectivity index (χ0n) is 25.4. The molecule has 0 spiro atoms. The Kier molecular flexibility index (Phi) is 10.9. The van der Waals surface area contributed by atoms with Gasteiger partial charge < -0.3 is 28.5 Å².